The van der Waals surface area contributed by atoms with E-state index in [1.807, 2.05) is 0 Å². The summed E-state index contributed by atoms with van der Waals surface area (Å²) in [7, 11) is -3.34. The predicted octanol–water partition coefficient (Wildman–Crippen LogP) is -0.473. The van der Waals surface area contributed by atoms with Crippen LogP contribution in [0.25, 0.3) is 0 Å². The molecule has 0 unspecified atom stereocenters. The highest BCUT2D eigenvalue weighted by atomic mass is 32.2. The van der Waals surface area contributed by atoms with Crippen LogP contribution in [-0.2, 0) is 14.8 Å². The monoisotopic (exact) mass is 248 g/mol. The molecule has 0 bridgehead atoms. The van der Waals surface area contributed by atoms with Gasteiger partial charge >= 0.3 is 5.97 Å². The number of carboxylic acids is 1. The first-order valence-electron chi connectivity index (χ1n) is 5.39. The summed E-state index contributed by atoms with van der Waals surface area (Å²) in [5.74, 6) is -0.984. The van der Waals surface area contributed by atoms with Crippen LogP contribution < -0.4 is 0 Å². The van der Waals surface area contributed by atoms with Gasteiger partial charge in [-0.15, -0.1) is 0 Å². The molecule has 1 heterocycles. The summed E-state index contributed by atoms with van der Waals surface area (Å²) in [5, 5.41) is 7.97. The maximum atomic E-state index is 12.1. The highest BCUT2D eigenvalue weighted by Crippen LogP contribution is 2.33. The fourth-order valence-electron chi connectivity index (χ4n) is 2.05. The lowest BCUT2D eigenvalue weighted by Crippen LogP contribution is -2.56. The summed E-state index contributed by atoms with van der Waals surface area (Å²) >= 11 is 0. The minimum atomic E-state index is -3.34. The van der Waals surface area contributed by atoms with Crippen molar-refractivity contribution in [2.45, 2.75) is 31.2 Å². The van der Waals surface area contributed by atoms with Crippen LogP contribution in [0.15, 0.2) is 0 Å². The van der Waals surface area contributed by atoms with Gasteiger partial charge in [0.1, 0.15) is 5.37 Å². The molecule has 92 valence electrons. The first kappa shape index (κ1) is 11.8. The molecule has 1 saturated carbocycles. The number of hydrogen-bond acceptors (Lipinski definition) is 4. The van der Waals surface area contributed by atoms with E-state index in [4.69, 9.17) is 5.11 Å². The van der Waals surface area contributed by atoms with Gasteiger partial charge in [0.15, 0.2) is 0 Å². The Kier molecular flexibility index (Phi) is 2.93. The van der Waals surface area contributed by atoms with Crippen LogP contribution in [0.5, 0.6) is 0 Å². The van der Waals surface area contributed by atoms with E-state index in [1.54, 1.807) is 6.92 Å². The predicted molar refractivity (Wildman–Crippen MR) is 57.3 cm³/mol. The lowest BCUT2D eigenvalue weighted by Gasteiger charge is -2.38. The van der Waals surface area contributed by atoms with Crippen LogP contribution in [0.4, 0.5) is 0 Å². The number of nitrogens with zero attached hydrogens (tertiary/aromatic N) is 2. The Morgan fingerprint density at radius 3 is 2.50 bits per heavy atom. The Morgan fingerprint density at radius 1 is 1.38 bits per heavy atom. The van der Waals surface area contributed by atoms with Crippen LogP contribution in [0, 0.1) is 0 Å². The van der Waals surface area contributed by atoms with Crippen molar-refractivity contribution in [2.24, 2.45) is 0 Å². The molecule has 0 spiro atoms. The molecule has 2 rings (SSSR count). The number of carboxylic acid groups (broad SMARTS) is 1. The molecular weight excluding hydrogens is 232 g/mol. The van der Waals surface area contributed by atoms with E-state index in [2.05, 4.69) is 0 Å². The Balaban J connectivity index is 2.12. The van der Waals surface area contributed by atoms with Crippen molar-refractivity contribution in [2.75, 3.05) is 19.6 Å². The van der Waals surface area contributed by atoms with Crippen molar-refractivity contribution in [3.63, 3.8) is 0 Å². The number of aliphatic carboxylic acids is 1. The molecule has 1 aliphatic carbocycles. The Morgan fingerprint density at radius 2 is 2.00 bits per heavy atom. The van der Waals surface area contributed by atoms with Gasteiger partial charge < -0.3 is 5.11 Å². The van der Waals surface area contributed by atoms with Crippen molar-refractivity contribution >= 4 is 16.0 Å². The molecule has 1 aliphatic heterocycles. The number of sulfonamides is 1. The van der Waals surface area contributed by atoms with Crippen molar-refractivity contribution in [1.29, 1.82) is 0 Å². The second kappa shape index (κ2) is 3.97. The summed E-state index contributed by atoms with van der Waals surface area (Å²) in [6.07, 6.45) is 1.87. The first-order valence-corrected chi connectivity index (χ1v) is 6.90. The maximum absolute atomic E-state index is 12.1. The molecule has 0 aromatic carbocycles. The molecule has 6 nitrogen and oxygen atoms in total. The molecule has 1 saturated heterocycles. The zero-order valence-corrected chi connectivity index (χ0v) is 9.98. The van der Waals surface area contributed by atoms with E-state index in [1.165, 1.54) is 9.21 Å². The van der Waals surface area contributed by atoms with Crippen LogP contribution in [0.3, 0.4) is 0 Å². The lowest BCUT2D eigenvalue weighted by atomic mass is 10.4. The Bertz CT molecular complexity index is 390. The molecular formula is C9H16N2O4S. The molecule has 0 aromatic rings. The standard InChI is InChI=1S/C9H16N2O4S/c1-7-10(6-9(12)13)4-5-11(8-2-3-8)16(7,14)15/h7-8H,2-6H2,1H3,(H,12,13)/t7-/m1/s1. The van der Waals surface area contributed by atoms with Gasteiger partial charge in [-0.05, 0) is 19.8 Å². The van der Waals surface area contributed by atoms with E-state index in [0.29, 0.717) is 13.1 Å². The summed E-state index contributed by atoms with van der Waals surface area (Å²) in [6.45, 7) is 2.28. The molecule has 7 heteroatoms. The molecule has 0 aromatic heterocycles. The normalized spacial score (nSPS) is 31.4. The maximum Gasteiger partial charge on any atom is 0.317 e. The molecule has 0 amide bonds. The van der Waals surface area contributed by atoms with Gasteiger partial charge in [-0.2, -0.15) is 4.31 Å². The molecule has 2 fully saturated rings. The number of carbonyl (C=O) groups is 1. The zero-order chi connectivity index (χ0) is 11.9. The van der Waals surface area contributed by atoms with Crippen molar-refractivity contribution < 1.29 is 18.3 Å². The minimum Gasteiger partial charge on any atom is -0.480 e. The van der Waals surface area contributed by atoms with Crippen LogP contribution in [-0.4, -0.2) is 59.7 Å². The topological polar surface area (TPSA) is 77.9 Å². The fraction of sp³-hybridized carbons (Fsp3) is 0.889. The third-order valence-corrected chi connectivity index (χ3v) is 5.47. The van der Waals surface area contributed by atoms with Gasteiger partial charge in [0.25, 0.3) is 0 Å². The third-order valence-electron chi connectivity index (χ3n) is 3.17. The quantitative estimate of drug-likeness (QED) is 0.730. The average Bonchev–Trinajstić information content (AvgIpc) is 2.96. The number of hydrogen-bond donors (Lipinski definition) is 1. The molecule has 1 atom stereocenters. The van der Waals surface area contributed by atoms with Crippen molar-refractivity contribution in [1.82, 2.24) is 9.21 Å². The number of rotatable bonds is 3. The van der Waals surface area contributed by atoms with Crippen LogP contribution >= 0.6 is 0 Å². The Hall–Kier alpha value is -0.660. The minimum absolute atomic E-state index is 0.166. The van der Waals surface area contributed by atoms with Gasteiger partial charge in [0, 0.05) is 19.1 Å². The second-order valence-electron chi connectivity index (χ2n) is 4.35. The largest absolute Gasteiger partial charge is 0.480 e. The highest BCUT2D eigenvalue weighted by Gasteiger charge is 2.45. The summed E-state index contributed by atoms with van der Waals surface area (Å²) in [4.78, 5) is 12.1. The average molecular weight is 248 g/mol. The zero-order valence-electron chi connectivity index (χ0n) is 9.16. The van der Waals surface area contributed by atoms with E-state index in [0.717, 1.165) is 12.8 Å². The lowest BCUT2D eigenvalue weighted by molar-refractivity contribution is -0.138. The van der Waals surface area contributed by atoms with E-state index in [-0.39, 0.29) is 12.6 Å². The summed E-state index contributed by atoms with van der Waals surface area (Å²) in [6, 6.07) is 0.166. The van der Waals surface area contributed by atoms with Gasteiger partial charge in [-0.1, -0.05) is 0 Å². The Labute approximate surface area is 94.9 Å². The first-order chi connectivity index (χ1) is 7.43. The second-order valence-corrected chi connectivity index (χ2v) is 6.53. The SMILES string of the molecule is C[C@@H]1N(CC(=O)O)CCN(C2CC2)S1(=O)=O. The molecule has 16 heavy (non-hydrogen) atoms. The van der Waals surface area contributed by atoms with Gasteiger partial charge in [0.2, 0.25) is 10.0 Å². The van der Waals surface area contributed by atoms with Crippen LogP contribution in [0.2, 0.25) is 0 Å². The van der Waals surface area contributed by atoms with Gasteiger partial charge in [-0.25, -0.2) is 8.42 Å². The van der Waals surface area contributed by atoms with Crippen LogP contribution in [0.1, 0.15) is 19.8 Å². The molecule has 0 radical (unpaired) electrons. The van der Waals surface area contributed by atoms with Crippen molar-refractivity contribution in [3.05, 3.63) is 0 Å². The smallest absolute Gasteiger partial charge is 0.317 e. The van der Waals surface area contributed by atoms with E-state index >= 15 is 0 Å². The van der Waals surface area contributed by atoms with E-state index in [9.17, 15) is 13.2 Å². The van der Waals surface area contributed by atoms with E-state index < -0.39 is 21.4 Å². The fourth-order valence-corrected chi connectivity index (χ4v) is 3.97. The summed E-state index contributed by atoms with van der Waals surface area (Å²) < 4.78 is 25.7. The van der Waals surface area contributed by atoms with Crippen molar-refractivity contribution in [3.8, 4) is 0 Å². The molecule has 1 N–H and O–H groups in total. The third kappa shape index (κ3) is 2.07. The van der Waals surface area contributed by atoms with Gasteiger partial charge in [0.05, 0.1) is 6.54 Å². The highest BCUT2D eigenvalue weighted by molar-refractivity contribution is 7.89. The summed E-state index contributed by atoms with van der Waals surface area (Å²) in [5.41, 5.74) is 0. The molecule has 2 aliphatic rings. The van der Waals surface area contributed by atoms with Gasteiger partial charge in [-0.3, -0.25) is 9.69 Å².